The van der Waals surface area contributed by atoms with Gasteiger partial charge in [-0.2, -0.15) is 0 Å². The van der Waals surface area contributed by atoms with Crippen molar-refractivity contribution in [1.82, 2.24) is 10.2 Å². The highest BCUT2D eigenvalue weighted by atomic mass is 35.5. The van der Waals surface area contributed by atoms with E-state index in [0.717, 1.165) is 31.5 Å². The molecule has 1 amide bonds. The number of amides is 1. The predicted octanol–water partition coefficient (Wildman–Crippen LogP) is 2.05. The van der Waals surface area contributed by atoms with Crippen LogP contribution in [0.1, 0.15) is 40.5 Å². The Hall–Kier alpha value is -0.0300. The van der Waals surface area contributed by atoms with E-state index in [0.29, 0.717) is 6.42 Å². The molecule has 6 heteroatoms. The molecule has 122 valence electrons. The number of hydrogen-bond donors (Lipinski definition) is 2. The Balaban J connectivity index is 0. The molecule has 1 aliphatic rings. The van der Waals surface area contributed by atoms with Crippen molar-refractivity contribution in [2.24, 2.45) is 17.6 Å². The standard InChI is InChI=1S/C14H29N3O.2ClH/c1-10-5-11(2)8-17(7-10)9-13(4)16-14(18)6-12(3)15;;/h10-13H,5-9,15H2,1-4H3,(H,16,18);2*1H. The van der Waals surface area contributed by atoms with Crippen molar-refractivity contribution in [3.63, 3.8) is 0 Å². The monoisotopic (exact) mass is 327 g/mol. The van der Waals surface area contributed by atoms with Crippen LogP contribution < -0.4 is 11.1 Å². The highest BCUT2D eigenvalue weighted by molar-refractivity contribution is 5.85. The first-order valence-corrected chi connectivity index (χ1v) is 7.14. The van der Waals surface area contributed by atoms with E-state index in [4.69, 9.17) is 5.73 Å². The summed E-state index contributed by atoms with van der Waals surface area (Å²) < 4.78 is 0. The summed E-state index contributed by atoms with van der Waals surface area (Å²) in [4.78, 5) is 14.1. The van der Waals surface area contributed by atoms with Crippen LogP contribution in [0.15, 0.2) is 0 Å². The van der Waals surface area contributed by atoms with Gasteiger partial charge in [0.25, 0.3) is 0 Å². The molecule has 0 radical (unpaired) electrons. The van der Waals surface area contributed by atoms with E-state index in [9.17, 15) is 4.79 Å². The normalized spacial score (nSPS) is 25.9. The third-order valence-electron chi connectivity index (χ3n) is 3.39. The maximum Gasteiger partial charge on any atom is 0.221 e. The molecule has 0 aliphatic carbocycles. The molecule has 1 rings (SSSR count). The van der Waals surface area contributed by atoms with Crippen LogP contribution in [0.5, 0.6) is 0 Å². The maximum absolute atomic E-state index is 11.6. The van der Waals surface area contributed by atoms with Crippen molar-refractivity contribution in [2.45, 2.75) is 52.6 Å². The molecule has 0 aromatic carbocycles. The zero-order valence-corrected chi connectivity index (χ0v) is 14.7. The molecule has 1 aliphatic heterocycles. The van der Waals surface area contributed by atoms with Gasteiger partial charge in [0.15, 0.2) is 0 Å². The van der Waals surface area contributed by atoms with E-state index in [1.807, 2.05) is 6.92 Å². The van der Waals surface area contributed by atoms with Crippen molar-refractivity contribution in [2.75, 3.05) is 19.6 Å². The average Bonchev–Trinajstić information content (AvgIpc) is 2.12. The minimum Gasteiger partial charge on any atom is -0.352 e. The molecule has 3 N–H and O–H groups in total. The van der Waals surface area contributed by atoms with Crippen LogP contribution >= 0.6 is 24.8 Å². The molecule has 0 aromatic rings. The molecule has 1 saturated heterocycles. The first kappa shape index (κ1) is 22.3. The van der Waals surface area contributed by atoms with Crippen LogP contribution in [-0.4, -0.2) is 42.5 Å². The summed E-state index contributed by atoms with van der Waals surface area (Å²) in [5, 5.41) is 3.03. The van der Waals surface area contributed by atoms with Crippen LogP contribution in [0.2, 0.25) is 0 Å². The summed E-state index contributed by atoms with van der Waals surface area (Å²) in [6.07, 6.45) is 1.74. The van der Waals surface area contributed by atoms with E-state index < -0.39 is 0 Å². The molecule has 1 fully saturated rings. The number of carbonyl (C=O) groups excluding carboxylic acids is 1. The predicted molar refractivity (Wildman–Crippen MR) is 89.8 cm³/mol. The maximum atomic E-state index is 11.6. The molecule has 20 heavy (non-hydrogen) atoms. The molecule has 0 aromatic heterocycles. The second kappa shape index (κ2) is 10.7. The minimum atomic E-state index is -0.0627. The largest absolute Gasteiger partial charge is 0.352 e. The Labute approximate surface area is 136 Å². The lowest BCUT2D eigenvalue weighted by atomic mass is 9.92. The molecule has 4 unspecified atom stereocenters. The Morgan fingerprint density at radius 1 is 1.25 bits per heavy atom. The van der Waals surface area contributed by atoms with Crippen LogP contribution in [0.3, 0.4) is 0 Å². The Morgan fingerprint density at radius 3 is 2.20 bits per heavy atom. The number of likely N-dealkylation sites (tertiary alicyclic amines) is 1. The van der Waals surface area contributed by atoms with Crippen LogP contribution in [0.4, 0.5) is 0 Å². The van der Waals surface area contributed by atoms with Crippen LogP contribution in [0.25, 0.3) is 0 Å². The van der Waals surface area contributed by atoms with Gasteiger partial charge < -0.3 is 16.0 Å². The Kier molecular flexibility index (Phi) is 11.9. The summed E-state index contributed by atoms with van der Waals surface area (Å²) in [6, 6.07) is 0.140. The average molecular weight is 328 g/mol. The summed E-state index contributed by atoms with van der Waals surface area (Å²) in [5.74, 6) is 1.59. The lowest BCUT2D eigenvalue weighted by molar-refractivity contribution is -0.122. The van der Waals surface area contributed by atoms with Gasteiger partial charge in [0.05, 0.1) is 0 Å². The molecule has 4 nitrogen and oxygen atoms in total. The number of rotatable bonds is 5. The quantitative estimate of drug-likeness (QED) is 0.812. The Morgan fingerprint density at radius 2 is 1.75 bits per heavy atom. The number of nitrogens with zero attached hydrogens (tertiary/aromatic N) is 1. The summed E-state index contributed by atoms with van der Waals surface area (Å²) in [7, 11) is 0. The van der Waals surface area contributed by atoms with Gasteiger partial charge in [-0.25, -0.2) is 0 Å². The number of nitrogens with one attached hydrogen (secondary N) is 1. The lowest BCUT2D eigenvalue weighted by Crippen LogP contribution is -2.47. The van der Waals surface area contributed by atoms with E-state index >= 15 is 0 Å². The fourth-order valence-corrected chi connectivity index (χ4v) is 3.00. The fourth-order valence-electron chi connectivity index (χ4n) is 3.00. The van der Waals surface area contributed by atoms with E-state index in [1.54, 1.807) is 0 Å². The van der Waals surface area contributed by atoms with Crippen molar-refractivity contribution < 1.29 is 4.79 Å². The van der Waals surface area contributed by atoms with Gasteiger partial charge in [-0.1, -0.05) is 13.8 Å². The van der Waals surface area contributed by atoms with Gasteiger partial charge >= 0.3 is 0 Å². The first-order valence-electron chi connectivity index (χ1n) is 7.14. The third kappa shape index (κ3) is 9.01. The molecular formula is C14H31Cl2N3O. The second-order valence-corrected chi connectivity index (χ2v) is 6.31. The van der Waals surface area contributed by atoms with Crippen molar-refractivity contribution in [1.29, 1.82) is 0 Å². The molecular weight excluding hydrogens is 297 g/mol. The van der Waals surface area contributed by atoms with Crippen LogP contribution in [0, 0.1) is 11.8 Å². The summed E-state index contributed by atoms with van der Waals surface area (Å²) in [6.45, 7) is 11.8. The van der Waals surface area contributed by atoms with Gasteiger partial charge in [-0.05, 0) is 32.1 Å². The van der Waals surface area contributed by atoms with Crippen molar-refractivity contribution in [3.05, 3.63) is 0 Å². The number of piperidine rings is 1. The topological polar surface area (TPSA) is 58.4 Å². The highest BCUT2D eigenvalue weighted by Gasteiger charge is 2.23. The van der Waals surface area contributed by atoms with E-state index in [-0.39, 0.29) is 42.8 Å². The van der Waals surface area contributed by atoms with E-state index in [1.165, 1.54) is 6.42 Å². The lowest BCUT2D eigenvalue weighted by Gasteiger charge is -2.36. The van der Waals surface area contributed by atoms with Gasteiger partial charge in [0.1, 0.15) is 0 Å². The van der Waals surface area contributed by atoms with Crippen molar-refractivity contribution in [3.8, 4) is 0 Å². The number of carbonyl (C=O) groups is 1. The van der Waals surface area contributed by atoms with Crippen LogP contribution in [-0.2, 0) is 4.79 Å². The number of hydrogen-bond acceptors (Lipinski definition) is 3. The smallest absolute Gasteiger partial charge is 0.221 e. The van der Waals surface area contributed by atoms with E-state index in [2.05, 4.69) is 31.0 Å². The zero-order valence-electron chi connectivity index (χ0n) is 13.1. The molecule has 0 bridgehead atoms. The molecule has 4 atom stereocenters. The Bertz CT molecular complexity index is 267. The number of halogens is 2. The molecule has 0 spiro atoms. The highest BCUT2D eigenvalue weighted by Crippen LogP contribution is 2.20. The second-order valence-electron chi connectivity index (χ2n) is 6.31. The van der Waals surface area contributed by atoms with Gasteiger partial charge in [0.2, 0.25) is 5.91 Å². The molecule has 0 saturated carbocycles. The molecule has 1 heterocycles. The summed E-state index contributed by atoms with van der Waals surface area (Å²) in [5.41, 5.74) is 5.62. The van der Waals surface area contributed by atoms with Crippen molar-refractivity contribution >= 4 is 30.7 Å². The SMILES string of the molecule is CC(N)CC(=O)NC(C)CN1CC(C)CC(C)C1.Cl.Cl. The van der Waals surface area contributed by atoms with Gasteiger partial charge in [-0.3, -0.25) is 4.79 Å². The van der Waals surface area contributed by atoms with Gasteiger partial charge in [0, 0.05) is 38.1 Å². The summed E-state index contributed by atoms with van der Waals surface area (Å²) >= 11 is 0. The van der Waals surface area contributed by atoms with Gasteiger partial charge in [-0.15, -0.1) is 24.8 Å². The first-order chi connectivity index (χ1) is 8.36. The number of nitrogens with two attached hydrogens (primary N) is 1. The third-order valence-corrected chi connectivity index (χ3v) is 3.39. The zero-order chi connectivity index (χ0) is 13.7. The minimum absolute atomic E-state index is 0. The fraction of sp³-hybridized carbons (Fsp3) is 0.929.